The molecule has 0 saturated carbocycles. The minimum absolute atomic E-state index is 0. The van der Waals surface area contributed by atoms with Crippen LogP contribution in [0.5, 0.6) is 0 Å². The van der Waals surface area contributed by atoms with Gasteiger partial charge in [0.1, 0.15) is 0 Å². The molecule has 122 valence electrons. The Morgan fingerprint density at radius 2 is 2.00 bits per heavy atom. The average molecular weight is 326 g/mol. The number of carbonyl (C=O) groups is 2. The van der Waals surface area contributed by atoms with Crippen LogP contribution in [0.25, 0.3) is 0 Å². The van der Waals surface area contributed by atoms with Crippen molar-refractivity contribution in [2.24, 2.45) is 0 Å². The van der Waals surface area contributed by atoms with E-state index in [0.717, 1.165) is 25.1 Å². The molecule has 5 nitrogen and oxygen atoms in total. The van der Waals surface area contributed by atoms with Gasteiger partial charge in [0.05, 0.1) is 12.6 Å². The molecule has 1 aliphatic rings. The van der Waals surface area contributed by atoms with Crippen LogP contribution >= 0.6 is 12.4 Å². The normalized spacial score (nSPS) is 17.5. The third-order valence-electron chi connectivity index (χ3n) is 3.83. The van der Waals surface area contributed by atoms with Crippen molar-refractivity contribution >= 4 is 24.2 Å². The van der Waals surface area contributed by atoms with Crippen molar-refractivity contribution in [3.05, 3.63) is 35.4 Å². The van der Waals surface area contributed by atoms with Gasteiger partial charge in [-0.1, -0.05) is 31.2 Å². The maximum Gasteiger partial charge on any atom is 0.242 e. The van der Waals surface area contributed by atoms with Crippen LogP contribution in [-0.2, 0) is 16.0 Å². The summed E-state index contributed by atoms with van der Waals surface area (Å²) < 4.78 is 0. The molecule has 0 radical (unpaired) electrons. The van der Waals surface area contributed by atoms with Crippen LogP contribution in [0.15, 0.2) is 24.3 Å². The first-order chi connectivity index (χ1) is 10.1. The molecule has 0 aromatic heterocycles. The number of amides is 2. The number of nitrogens with one attached hydrogen (secondary N) is 2. The molecule has 1 heterocycles. The van der Waals surface area contributed by atoms with Crippen LogP contribution in [-0.4, -0.2) is 42.9 Å². The number of carbonyl (C=O) groups excluding carboxylic acids is 2. The molecular weight excluding hydrogens is 302 g/mol. The zero-order valence-electron chi connectivity index (χ0n) is 13.1. The van der Waals surface area contributed by atoms with Gasteiger partial charge in [0.2, 0.25) is 11.8 Å². The largest absolute Gasteiger partial charge is 0.347 e. The molecule has 1 aliphatic heterocycles. The Balaban J connectivity index is 0.00000242. The van der Waals surface area contributed by atoms with Gasteiger partial charge in [-0.3, -0.25) is 9.59 Å². The number of hydrogen-bond donors (Lipinski definition) is 2. The summed E-state index contributed by atoms with van der Waals surface area (Å²) in [5.74, 6) is -0.210. The summed E-state index contributed by atoms with van der Waals surface area (Å²) in [6, 6.07) is 8.44. The van der Waals surface area contributed by atoms with Gasteiger partial charge in [-0.05, 0) is 17.5 Å². The number of rotatable bonds is 4. The maximum absolute atomic E-state index is 12.3. The van der Waals surface area contributed by atoms with Crippen molar-refractivity contribution in [3.8, 4) is 0 Å². The molecule has 0 aliphatic carbocycles. The van der Waals surface area contributed by atoms with E-state index in [1.54, 1.807) is 0 Å². The third-order valence-corrected chi connectivity index (χ3v) is 3.83. The van der Waals surface area contributed by atoms with Gasteiger partial charge in [-0.15, -0.1) is 12.4 Å². The molecule has 1 aromatic carbocycles. The summed E-state index contributed by atoms with van der Waals surface area (Å²) in [5, 5.41) is 5.91. The van der Waals surface area contributed by atoms with Crippen LogP contribution < -0.4 is 10.6 Å². The van der Waals surface area contributed by atoms with E-state index in [2.05, 4.69) is 41.8 Å². The highest BCUT2D eigenvalue weighted by molar-refractivity contribution is 5.85. The highest BCUT2D eigenvalue weighted by Gasteiger charge is 2.27. The molecular formula is C16H24ClN3O2. The molecule has 2 amide bonds. The first kappa shape index (κ1) is 18.5. The Bertz CT molecular complexity index is 505. The number of hydrogen-bond acceptors (Lipinski definition) is 3. The fraction of sp³-hybridized carbons (Fsp3) is 0.500. The van der Waals surface area contributed by atoms with E-state index < -0.39 is 0 Å². The van der Waals surface area contributed by atoms with Crippen molar-refractivity contribution in [2.45, 2.75) is 26.3 Å². The van der Waals surface area contributed by atoms with Gasteiger partial charge < -0.3 is 15.5 Å². The summed E-state index contributed by atoms with van der Waals surface area (Å²) in [5.41, 5.74) is 2.43. The molecule has 1 fully saturated rings. The third kappa shape index (κ3) is 4.71. The van der Waals surface area contributed by atoms with Crippen LogP contribution in [0.4, 0.5) is 0 Å². The van der Waals surface area contributed by atoms with Gasteiger partial charge in [-0.2, -0.15) is 0 Å². The molecule has 0 spiro atoms. The lowest BCUT2D eigenvalue weighted by Gasteiger charge is -2.36. The zero-order chi connectivity index (χ0) is 15.2. The fourth-order valence-electron chi connectivity index (χ4n) is 2.58. The van der Waals surface area contributed by atoms with Crippen molar-refractivity contribution in [1.29, 1.82) is 0 Å². The van der Waals surface area contributed by atoms with Crippen molar-refractivity contribution < 1.29 is 9.59 Å². The Hall–Kier alpha value is -1.59. The monoisotopic (exact) mass is 325 g/mol. The fourth-order valence-corrected chi connectivity index (χ4v) is 2.58. The quantitative estimate of drug-likeness (QED) is 0.876. The number of halogens is 1. The maximum atomic E-state index is 12.3. The van der Waals surface area contributed by atoms with E-state index in [9.17, 15) is 9.59 Å². The van der Waals surface area contributed by atoms with Crippen molar-refractivity contribution in [2.75, 3.05) is 26.2 Å². The first-order valence-electron chi connectivity index (χ1n) is 7.45. The average Bonchev–Trinajstić information content (AvgIpc) is 2.52. The Kier molecular flexibility index (Phi) is 7.35. The van der Waals surface area contributed by atoms with Crippen LogP contribution in [0.3, 0.4) is 0 Å². The summed E-state index contributed by atoms with van der Waals surface area (Å²) in [7, 11) is 0. The number of nitrogens with zero attached hydrogens (tertiary/aromatic N) is 1. The van der Waals surface area contributed by atoms with E-state index >= 15 is 0 Å². The lowest BCUT2D eigenvalue weighted by molar-refractivity contribution is -0.135. The SMILES string of the molecule is CCc1ccc(C2CNCCN2C(=O)CNC(C)=O)cc1.Cl. The second kappa shape index (κ2) is 8.76. The number of benzene rings is 1. The molecule has 2 rings (SSSR count). The van der Waals surface area contributed by atoms with Crippen molar-refractivity contribution in [3.63, 3.8) is 0 Å². The van der Waals surface area contributed by atoms with Crippen LogP contribution in [0.2, 0.25) is 0 Å². The van der Waals surface area contributed by atoms with Gasteiger partial charge >= 0.3 is 0 Å². The predicted molar refractivity (Wildman–Crippen MR) is 89.1 cm³/mol. The van der Waals surface area contributed by atoms with Gasteiger partial charge in [-0.25, -0.2) is 0 Å². The lowest BCUT2D eigenvalue weighted by atomic mass is 10.0. The minimum atomic E-state index is -0.178. The van der Waals surface area contributed by atoms with Gasteiger partial charge in [0.25, 0.3) is 0 Å². The number of piperazine rings is 1. The summed E-state index contributed by atoms with van der Waals surface area (Å²) in [4.78, 5) is 25.1. The summed E-state index contributed by atoms with van der Waals surface area (Å²) in [6.07, 6.45) is 1.01. The summed E-state index contributed by atoms with van der Waals surface area (Å²) >= 11 is 0. The van der Waals surface area contributed by atoms with E-state index in [-0.39, 0.29) is 36.8 Å². The minimum Gasteiger partial charge on any atom is -0.347 e. The van der Waals surface area contributed by atoms with Crippen LogP contribution in [0.1, 0.15) is 31.0 Å². The molecule has 2 N–H and O–H groups in total. The topological polar surface area (TPSA) is 61.4 Å². The Morgan fingerprint density at radius 3 is 2.59 bits per heavy atom. The first-order valence-corrected chi connectivity index (χ1v) is 7.45. The van der Waals surface area contributed by atoms with E-state index in [0.29, 0.717) is 6.54 Å². The van der Waals surface area contributed by atoms with Crippen LogP contribution in [0, 0.1) is 0 Å². The van der Waals surface area contributed by atoms with Gasteiger partial charge in [0, 0.05) is 26.6 Å². The lowest BCUT2D eigenvalue weighted by Crippen LogP contribution is -2.51. The van der Waals surface area contributed by atoms with Crippen molar-refractivity contribution in [1.82, 2.24) is 15.5 Å². The molecule has 1 unspecified atom stereocenters. The molecule has 0 bridgehead atoms. The standard InChI is InChI=1S/C16H23N3O2.ClH/c1-3-13-4-6-14(7-5-13)15-10-17-8-9-19(15)16(21)11-18-12(2)20;/h4-7,15,17H,3,8-11H2,1-2H3,(H,18,20);1H. The predicted octanol–water partition coefficient (Wildman–Crippen LogP) is 1.28. The number of aryl methyl sites for hydroxylation is 1. The Labute approximate surface area is 137 Å². The zero-order valence-corrected chi connectivity index (χ0v) is 13.9. The molecule has 1 atom stereocenters. The molecule has 22 heavy (non-hydrogen) atoms. The van der Waals surface area contributed by atoms with E-state index in [4.69, 9.17) is 0 Å². The molecule has 1 saturated heterocycles. The highest BCUT2D eigenvalue weighted by Crippen LogP contribution is 2.22. The second-order valence-corrected chi connectivity index (χ2v) is 5.31. The smallest absolute Gasteiger partial charge is 0.242 e. The van der Waals surface area contributed by atoms with E-state index in [1.165, 1.54) is 12.5 Å². The van der Waals surface area contributed by atoms with E-state index in [1.807, 2.05) is 4.90 Å². The highest BCUT2D eigenvalue weighted by atomic mass is 35.5. The molecule has 1 aromatic rings. The van der Waals surface area contributed by atoms with Gasteiger partial charge in [0.15, 0.2) is 0 Å². The Morgan fingerprint density at radius 1 is 1.32 bits per heavy atom. The summed E-state index contributed by atoms with van der Waals surface area (Å²) in [6.45, 7) is 5.82. The molecule has 6 heteroatoms. The second-order valence-electron chi connectivity index (χ2n) is 5.31.